The summed E-state index contributed by atoms with van der Waals surface area (Å²) in [5.41, 5.74) is 1.48. The van der Waals surface area contributed by atoms with Gasteiger partial charge in [0.25, 0.3) is 5.56 Å². The predicted molar refractivity (Wildman–Crippen MR) is 108 cm³/mol. The molecule has 0 aliphatic heterocycles. The van der Waals surface area contributed by atoms with Crippen molar-refractivity contribution in [2.45, 2.75) is 37.3 Å². The molecule has 0 bridgehead atoms. The molecule has 1 amide bonds. The first-order chi connectivity index (χ1) is 12.6. The van der Waals surface area contributed by atoms with Gasteiger partial charge in [-0.2, -0.15) is 0 Å². The lowest BCUT2D eigenvalue weighted by Gasteiger charge is -2.15. The number of carbonyl (C=O) groups is 1. The van der Waals surface area contributed by atoms with Gasteiger partial charge < -0.3 is 5.32 Å². The molecular formula is C19H21N3O2S2. The van der Waals surface area contributed by atoms with Crippen LogP contribution in [0.3, 0.4) is 0 Å². The van der Waals surface area contributed by atoms with Gasteiger partial charge in [-0.15, -0.1) is 23.1 Å². The Bertz CT molecular complexity index is 961. The van der Waals surface area contributed by atoms with Crippen LogP contribution in [-0.2, 0) is 10.5 Å². The molecule has 0 saturated carbocycles. The quantitative estimate of drug-likeness (QED) is 0.610. The van der Waals surface area contributed by atoms with Crippen LogP contribution in [0.5, 0.6) is 0 Å². The van der Waals surface area contributed by atoms with Gasteiger partial charge in [-0.25, -0.2) is 4.98 Å². The Kier molecular flexibility index (Phi) is 6.11. The molecule has 0 fully saturated rings. The fourth-order valence-electron chi connectivity index (χ4n) is 2.70. The summed E-state index contributed by atoms with van der Waals surface area (Å²) in [5.74, 6) is 0.650. The van der Waals surface area contributed by atoms with Crippen LogP contribution in [-0.4, -0.2) is 15.3 Å². The summed E-state index contributed by atoms with van der Waals surface area (Å²) >= 11 is 3.01. The zero-order valence-corrected chi connectivity index (χ0v) is 16.4. The van der Waals surface area contributed by atoms with Crippen molar-refractivity contribution < 1.29 is 4.79 Å². The third-order valence-corrected chi connectivity index (χ3v) is 6.10. The molecule has 2 aromatic heterocycles. The van der Waals surface area contributed by atoms with Crippen molar-refractivity contribution in [1.82, 2.24) is 9.38 Å². The van der Waals surface area contributed by atoms with Crippen molar-refractivity contribution in [2.75, 3.05) is 5.32 Å². The van der Waals surface area contributed by atoms with Crippen LogP contribution in [0.15, 0.2) is 51.6 Å². The summed E-state index contributed by atoms with van der Waals surface area (Å²) < 4.78 is 1.54. The Morgan fingerprint density at radius 2 is 2.08 bits per heavy atom. The first-order valence-electron chi connectivity index (χ1n) is 8.60. The second kappa shape index (κ2) is 8.51. The lowest BCUT2D eigenvalue weighted by molar-refractivity contribution is -0.120. The van der Waals surface area contributed by atoms with E-state index in [1.165, 1.54) is 11.3 Å². The maximum Gasteiger partial charge on any atom is 0.258 e. The second-order valence-corrected chi connectivity index (χ2v) is 7.82. The first kappa shape index (κ1) is 18.7. The van der Waals surface area contributed by atoms with Crippen LogP contribution in [0.1, 0.15) is 32.4 Å². The van der Waals surface area contributed by atoms with Crippen LogP contribution in [0, 0.1) is 5.92 Å². The Hall–Kier alpha value is -2.12. The number of fused-ring (bicyclic) bond motifs is 1. The van der Waals surface area contributed by atoms with Crippen molar-refractivity contribution in [3.63, 3.8) is 0 Å². The molecule has 1 N–H and O–H groups in total. The van der Waals surface area contributed by atoms with Crippen molar-refractivity contribution in [3.05, 3.63) is 58.0 Å². The normalized spacial score (nSPS) is 11.2. The van der Waals surface area contributed by atoms with Crippen molar-refractivity contribution in [2.24, 2.45) is 5.92 Å². The first-order valence-corrected chi connectivity index (χ1v) is 10.5. The van der Waals surface area contributed by atoms with E-state index < -0.39 is 0 Å². The number of anilines is 1. The molecule has 3 rings (SSSR count). The summed E-state index contributed by atoms with van der Waals surface area (Å²) in [7, 11) is 0. The average molecular weight is 388 g/mol. The monoisotopic (exact) mass is 387 g/mol. The van der Waals surface area contributed by atoms with E-state index in [4.69, 9.17) is 0 Å². The summed E-state index contributed by atoms with van der Waals surface area (Å²) in [6.45, 7) is 4.05. The Morgan fingerprint density at radius 1 is 1.31 bits per heavy atom. The third-order valence-electron chi connectivity index (χ3n) is 4.23. The highest BCUT2D eigenvalue weighted by atomic mass is 32.2. The Balaban J connectivity index is 1.75. The van der Waals surface area contributed by atoms with E-state index in [2.05, 4.69) is 10.3 Å². The average Bonchev–Trinajstić information content (AvgIpc) is 3.11. The van der Waals surface area contributed by atoms with Crippen molar-refractivity contribution in [3.8, 4) is 0 Å². The van der Waals surface area contributed by atoms with Crippen molar-refractivity contribution in [1.29, 1.82) is 0 Å². The van der Waals surface area contributed by atoms with Gasteiger partial charge >= 0.3 is 0 Å². The lowest BCUT2D eigenvalue weighted by atomic mass is 10.0. The molecular weight excluding hydrogens is 366 g/mol. The topological polar surface area (TPSA) is 63.5 Å². The van der Waals surface area contributed by atoms with Crippen LogP contribution < -0.4 is 10.9 Å². The van der Waals surface area contributed by atoms with Crippen LogP contribution in [0.25, 0.3) is 4.96 Å². The number of amides is 1. The molecule has 3 aromatic rings. The largest absolute Gasteiger partial charge is 0.325 e. The minimum absolute atomic E-state index is 0.0241. The van der Waals surface area contributed by atoms with Gasteiger partial charge in [0.15, 0.2) is 4.96 Å². The van der Waals surface area contributed by atoms with Gasteiger partial charge in [-0.1, -0.05) is 26.0 Å². The molecule has 7 heteroatoms. The number of para-hydroxylation sites is 1. The zero-order chi connectivity index (χ0) is 18.5. The molecule has 0 radical (unpaired) electrons. The highest BCUT2D eigenvalue weighted by Crippen LogP contribution is 2.30. The van der Waals surface area contributed by atoms with Crippen LogP contribution in [0.2, 0.25) is 0 Å². The number of aromatic nitrogens is 2. The third kappa shape index (κ3) is 4.16. The zero-order valence-electron chi connectivity index (χ0n) is 14.8. The van der Waals surface area contributed by atoms with Crippen LogP contribution >= 0.6 is 23.1 Å². The number of thioether (sulfide) groups is 1. The van der Waals surface area contributed by atoms with Gasteiger partial charge in [0, 0.05) is 34.2 Å². The van der Waals surface area contributed by atoms with Gasteiger partial charge in [0.2, 0.25) is 5.91 Å². The van der Waals surface area contributed by atoms with E-state index in [1.54, 1.807) is 28.4 Å². The molecule has 26 heavy (non-hydrogen) atoms. The van der Waals surface area contributed by atoms with Gasteiger partial charge in [-0.3, -0.25) is 14.0 Å². The summed E-state index contributed by atoms with van der Waals surface area (Å²) in [5, 5.41) is 4.89. The summed E-state index contributed by atoms with van der Waals surface area (Å²) in [6.07, 6.45) is 3.38. The van der Waals surface area contributed by atoms with E-state index in [0.717, 1.165) is 29.1 Å². The highest BCUT2D eigenvalue weighted by molar-refractivity contribution is 7.98. The highest BCUT2D eigenvalue weighted by Gasteiger charge is 2.15. The predicted octanol–water partition coefficient (Wildman–Crippen LogP) is 4.42. The van der Waals surface area contributed by atoms with Gasteiger partial charge in [-0.05, 0) is 25.0 Å². The maximum absolute atomic E-state index is 12.4. The maximum atomic E-state index is 12.4. The Labute approximate surface area is 160 Å². The molecule has 5 nitrogen and oxygen atoms in total. The summed E-state index contributed by atoms with van der Waals surface area (Å²) in [4.78, 5) is 30.7. The smallest absolute Gasteiger partial charge is 0.258 e. The number of rotatable bonds is 7. The van der Waals surface area contributed by atoms with Crippen LogP contribution in [0.4, 0.5) is 5.69 Å². The number of hydrogen-bond donors (Lipinski definition) is 1. The number of carbonyl (C=O) groups excluding carboxylic acids is 1. The van der Waals surface area contributed by atoms with E-state index in [1.807, 2.05) is 43.5 Å². The SMILES string of the molecule is CCC(CC)C(=O)Nc1ccccc1SCc1cc(=O)n2ccsc2n1. The molecule has 136 valence electrons. The minimum Gasteiger partial charge on any atom is -0.325 e. The molecule has 0 spiro atoms. The fourth-order valence-corrected chi connectivity index (χ4v) is 4.34. The molecule has 0 unspecified atom stereocenters. The van der Waals surface area contributed by atoms with Gasteiger partial charge in [0.1, 0.15) is 0 Å². The van der Waals surface area contributed by atoms with Gasteiger partial charge in [0.05, 0.1) is 11.4 Å². The second-order valence-electron chi connectivity index (χ2n) is 5.93. The lowest BCUT2D eigenvalue weighted by Crippen LogP contribution is -2.21. The number of nitrogens with one attached hydrogen (secondary N) is 1. The molecule has 2 heterocycles. The minimum atomic E-state index is -0.0674. The van der Waals surface area contributed by atoms with E-state index in [9.17, 15) is 9.59 Å². The number of thiazole rings is 1. The Morgan fingerprint density at radius 3 is 2.85 bits per heavy atom. The molecule has 1 aromatic carbocycles. The summed E-state index contributed by atoms with van der Waals surface area (Å²) in [6, 6.07) is 9.31. The number of nitrogens with zero attached hydrogens (tertiary/aromatic N) is 2. The number of benzene rings is 1. The van der Waals surface area contributed by atoms with E-state index in [0.29, 0.717) is 10.7 Å². The molecule has 0 atom stereocenters. The van der Waals surface area contributed by atoms with E-state index >= 15 is 0 Å². The molecule has 0 aliphatic rings. The molecule has 0 aliphatic carbocycles. The number of hydrogen-bond acceptors (Lipinski definition) is 5. The standard InChI is InChI=1S/C19H21N3O2S2/c1-3-13(4-2)18(24)21-15-7-5-6-8-16(15)26-12-14-11-17(23)22-9-10-25-19(22)20-14/h5-11,13H,3-4,12H2,1-2H3,(H,21,24). The molecule has 0 saturated heterocycles. The van der Waals surface area contributed by atoms with E-state index in [-0.39, 0.29) is 17.4 Å². The fraction of sp³-hybridized carbons (Fsp3) is 0.316. The van der Waals surface area contributed by atoms with Crippen molar-refractivity contribution >= 4 is 39.7 Å².